The van der Waals surface area contributed by atoms with Crippen molar-refractivity contribution in [3.63, 3.8) is 0 Å². The molecule has 0 spiro atoms. The van der Waals surface area contributed by atoms with Gasteiger partial charge in [0.15, 0.2) is 0 Å². The number of nitrogens with zero attached hydrogens (tertiary/aromatic N) is 2. The van der Waals surface area contributed by atoms with Crippen LogP contribution in [0.1, 0.15) is 41.9 Å². The topological polar surface area (TPSA) is 26.7 Å². The largest absolute Gasteiger partial charge is 0.384 e. The molecule has 0 amide bonds. The Morgan fingerprint density at radius 3 is 2.77 bits per heavy atom. The van der Waals surface area contributed by atoms with Crippen molar-refractivity contribution in [3.8, 4) is 11.8 Å². The Morgan fingerprint density at radius 1 is 1.14 bits per heavy atom. The second-order valence-corrected chi connectivity index (χ2v) is 7.52. The zero-order valence-corrected chi connectivity index (χ0v) is 14.1. The number of rotatable bonds is 4. The number of hydrogen-bond acceptors (Lipinski definition) is 4. The van der Waals surface area contributed by atoms with E-state index in [9.17, 15) is 0 Å². The standard InChI is InChI=1S/C18H26N2OS/c21-13-5-7-17-8-9-18(22-17)15-20-12-2-1-6-16(20)14-19-10-3-4-11-19/h8-9,16,21H,1-4,6,10-15H2. The number of hydrogen-bond donors (Lipinski definition) is 1. The predicted molar refractivity (Wildman–Crippen MR) is 92.0 cm³/mol. The van der Waals surface area contributed by atoms with Crippen molar-refractivity contribution in [2.45, 2.75) is 44.7 Å². The number of aliphatic hydroxyl groups excluding tert-OH is 1. The van der Waals surface area contributed by atoms with Crippen LogP contribution in [0.25, 0.3) is 0 Å². The van der Waals surface area contributed by atoms with Gasteiger partial charge < -0.3 is 10.0 Å². The van der Waals surface area contributed by atoms with E-state index in [1.54, 1.807) is 11.3 Å². The minimum Gasteiger partial charge on any atom is -0.384 e. The molecule has 22 heavy (non-hydrogen) atoms. The van der Waals surface area contributed by atoms with E-state index in [4.69, 9.17) is 5.11 Å². The van der Waals surface area contributed by atoms with E-state index >= 15 is 0 Å². The third kappa shape index (κ3) is 4.33. The zero-order chi connectivity index (χ0) is 15.2. The van der Waals surface area contributed by atoms with Crippen molar-refractivity contribution in [2.24, 2.45) is 0 Å². The lowest BCUT2D eigenvalue weighted by molar-refractivity contribution is 0.107. The van der Waals surface area contributed by atoms with Gasteiger partial charge in [-0.1, -0.05) is 18.3 Å². The third-order valence-corrected chi connectivity index (χ3v) is 5.71. The van der Waals surface area contributed by atoms with Gasteiger partial charge in [0.25, 0.3) is 0 Å². The predicted octanol–water partition coefficient (Wildman–Crippen LogP) is 2.54. The second kappa shape index (κ2) is 8.12. The van der Waals surface area contributed by atoms with Crippen molar-refractivity contribution < 1.29 is 5.11 Å². The SMILES string of the molecule is OCC#Cc1ccc(CN2CCCCC2CN2CCCC2)s1. The minimum atomic E-state index is -0.0583. The van der Waals surface area contributed by atoms with Crippen molar-refractivity contribution in [1.29, 1.82) is 0 Å². The summed E-state index contributed by atoms with van der Waals surface area (Å²) in [7, 11) is 0. The number of piperidine rings is 1. The third-order valence-electron chi connectivity index (χ3n) is 4.73. The molecule has 3 heterocycles. The Balaban J connectivity index is 1.59. The summed E-state index contributed by atoms with van der Waals surface area (Å²) in [6.45, 7) is 6.08. The van der Waals surface area contributed by atoms with E-state index in [0.29, 0.717) is 0 Å². The highest BCUT2D eigenvalue weighted by Gasteiger charge is 2.25. The summed E-state index contributed by atoms with van der Waals surface area (Å²) in [6.07, 6.45) is 6.82. The van der Waals surface area contributed by atoms with Gasteiger partial charge in [-0.05, 0) is 57.5 Å². The normalized spacial score (nSPS) is 23.4. The number of likely N-dealkylation sites (tertiary alicyclic amines) is 2. The molecule has 2 aliphatic heterocycles. The van der Waals surface area contributed by atoms with Crippen LogP contribution in [0.3, 0.4) is 0 Å². The highest BCUT2D eigenvalue weighted by atomic mass is 32.1. The van der Waals surface area contributed by atoms with Gasteiger partial charge >= 0.3 is 0 Å². The summed E-state index contributed by atoms with van der Waals surface area (Å²) >= 11 is 1.77. The summed E-state index contributed by atoms with van der Waals surface area (Å²) < 4.78 is 0. The van der Waals surface area contributed by atoms with Gasteiger partial charge in [-0.2, -0.15) is 0 Å². The van der Waals surface area contributed by atoms with E-state index in [2.05, 4.69) is 33.8 Å². The van der Waals surface area contributed by atoms with Gasteiger partial charge in [-0.15, -0.1) is 11.3 Å². The van der Waals surface area contributed by atoms with E-state index in [1.807, 2.05) is 0 Å². The summed E-state index contributed by atoms with van der Waals surface area (Å²) in [6, 6.07) is 5.01. The molecular formula is C18H26N2OS. The fourth-order valence-corrected chi connectivity index (χ4v) is 4.50. The quantitative estimate of drug-likeness (QED) is 0.864. The molecule has 1 aromatic heterocycles. The lowest BCUT2D eigenvalue weighted by Gasteiger charge is -2.37. The Kier molecular flexibility index (Phi) is 5.91. The van der Waals surface area contributed by atoms with Crippen LogP contribution in [0.5, 0.6) is 0 Å². The van der Waals surface area contributed by atoms with E-state index in [0.717, 1.165) is 17.5 Å². The molecule has 2 saturated heterocycles. The molecule has 1 unspecified atom stereocenters. The van der Waals surface area contributed by atoms with Gasteiger partial charge in [0.05, 0.1) is 4.88 Å². The number of aliphatic hydroxyl groups is 1. The Labute approximate surface area is 137 Å². The van der Waals surface area contributed by atoms with Gasteiger partial charge in [0.1, 0.15) is 6.61 Å². The molecule has 1 N–H and O–H groups in total. The highest BCUT2D eigenvalue weighted by Crippen LogP contribution is 2.24. The average Bonchev–Trinajstić information content (AvgIpc) is 3.19. The molecule has 3 nitrogen and oxygen atoms in total. The molecule has 0 aliphatic carbocycles. The average molecular weight is 318 g/mol. The first-order chi connectivity index (χ1) is 10.8. The van der Waals surface area contributed by atoms with Crippen LogP contribution in [-0.4, -0.2) is 53.7 Å². The van der Waals surface area contributed by atoms with Gasteiger partial charge in [0, 0.05) is 24.0 Å². The van der Waals surface area contributed by atoms with E-state index in [-0.39, 0.29) is 6.61 Å². The van der Waals surface area contributed by atoms with Crippen LogP contribution in [0.4, 0.5) is 0 Å². The molecule has 1 atom stereocenters. The highest BCUT2D eigenvalue weighted by molar-refractivity contribution is 7.12. The molecule has 120 valence electrons. The van der Waals surface area contributed by atoms with E-state index in [1.165, 1.54) is 63.2 Å². The molecule has 0 aromatic carbocycles. The maximum absolute atomic E-state index is 8.78. The monoisotopic (exact) mass is 318 g/mol. The fraction of sp³-hybridized carbons (Fsp3) is 0.667. The first-order valence-electron chi connectivity index (χ1n) is 8.50. The molecule has 0 saturated carbocycles. The van der Waals surface area contributed by atoms with Crippen molar-refractivity contribution in [1.82, 2.24) is 9.80 Å². The zero-order valence-electron chi connectivity index (χ0n) is 13.3. The van der Waals surface area contributed by atoms with Crippen molar-refractivity contribution in [2.75, 3.05) is 32.8 Å². The molecule has 0 bridgehead atoms. The van der Waals surface area contributed by atoms with E-state index < -0.39 is 0 Å². The summed E-state index contributed by atoms with van der Waals surface area (Å²) in [4.78, 5) is 7.79. The molecule has 2 fully saturated rings. The van der Waals surface area contributed by atoms with Crippen LogP contribution < -0.4 is 0 Å². The Morgan fingerprint density at radius 2 is 1.95 bits per heavy atom. The lowest BCUT2D eigenvalue weighted by atomic mass is 10.0. The summed E-state index contributed by atoms with van der Waals surface area (Å²) in [5.74, 6) is 5.75. The second-order valence-electron chi connectivity index (χ2n) is 6.35. The van der Waals surface area contributed by atoms with Crippen LogP contribution in [0.2, 0.25) is 0 Å². The van der Waals surface area contributed by atoms with Crippen molar-refractivity contribution in [3.05, 3.63) is 21.9 Å². The first-order valence-corrected chi connectivity index (χ1v) is 9.31. The van der Waals surface area contributed by atoms with Gasteiger partial charge in [-0.3, -0.25) is 4.90 Å². The molecule has 1 aromatic rings. The van der Waals surface area contributed by atoms with Crippen LogP contribution in [0, 0.1) is 11.8 Å². The molecule has 0 radical (unpaired) electrons. The Hall–Kier alpha value is -0.860. The Bertz CT molecular complexity index is 525. The van der Waals surface area contributed by atoms with Crippen LogP contribution in [-0.2, 0) is 6.54 Å². The smallest absolute Gasteiger partial charge is 0.104 e. The molecule has 2 aliphatic rings. The first kappa shape index (κ1) is 16.0. The maximum atomic E-state index is 8.78. The van der Waals surface area contributed by atoms with Crippen LogP contribution in [0.15, 0.2) is 12.1 Å². The van der Waals surface area contributed by atoms with Crippen LogP contribution >= 0.6 is 11.3 Å². The maximum Gasteiger partial charge on any atom is 0.104 e. The lowest BCUT2D eigenvalue weighted by Crippen LogP contribution is -2.45. The summed E-state index contributed by atoms with van der Waals surface area (Å²) in [5.41, 5.74) is 0. The van der Waals surface area contributed by atoms with Crippen molar-refractivity contribution >= 4 is 11.3 Å². The fourth-order valence-electron chi connectivity index (χ4n) is 3.60. The molecule has 3 rings (SSSR count). The van der Waals surface area contributed by atoms with Gasteiger partial charge in [0.2, 0.25) is 0 Å². The van der Waals surface area contributed by atoms with Gasteiger partial charge in [-0.25, -0.2) is 0 Å². The molecular weight excluding hydrogens is 292 g/mol. The minimum absolute atomic E-state index is 0.0583. The summed E-state index contributed by atoms with van der Waals surface area (Å²) in [5, 5.41) is 8.78. The number of thiophene rings is 1. The molecule has 4 heteroatoms.